The fraction of sp³-hybridized carbons (Fsp3) is 0.0500. The Morgan fingerprint density at radius 2 is 1.66 bits per heavy atom. The van der Waals surface area contributed by atoms with E-state index in [-0.39, 0.29) is 10.6 Å². The quantitative estimate of drug-likeness (QED) is 0.429. The van der Waals surface area contributed by atoms with Crippen LogP contribution in [0.5, 0.6) is 5.75 Å². The van der Waals surface area contributed by atoms with Crippen molar-refractivity contribution in [2.75, 3.05) is 17.1 Å². The van der Waals surface area contributed by atoms with E-state index in [0.29, 0.717) is 22.0 Å². The van der Waals surface area contributed by atoms with Gasteiger partial charge in [0.1, 0.15) is 5.75 Å². The fourth-order valence-corrected chi connectivity index (χ4v) is 4.05. The zero-order chi connectivity index (χ0) is 21.0. The molecule has 3 aromatic rings. The molecule has 3 aromatic carbocycles. The highest BCUT2D eigenvalue weighted by Crippen LogP contribution is 2.29. The number of carbonyl (C=O) groups is 1. The average Bonchev–Trinajstić information content (AvgIpc) is 2.70. The van der Waals surface area contributed by atoms with Crippen molar-refractivity contribution >= 4 is 61.5 Å². The minimum atomic E-state index is -3.86. The molecule has 0 fully saturated rings. The van der Waals surface area contributed by atoms with Crippen molar-refractivity contribution < 1.29 is 17.9 Å². The van der Waals surface area contributed by atoms with Crippen molar-refractivity contribution in [3.63, 3.8) is 0 Å². The molecule has 6 nitrogen and oxygen atoms in total. The molecule has 0 atom stereocenters. The maximum atomic E-state index is 12.8. The van der Waals surface area contributed by atoms with E-state index in [1.807, 2.05) is 0 Å². The van der Waals surface area contributed by atoms with Gasteiger partial charge >= 0.3 is 0 Å². The Morgan fingerprint density at radius 1 is 1.00 bits per heavy atom. The van der Waals surface area contributed by atoms with Gasteiger partial charge in [0.15, 0.2) is 0 Å². The molecule has 150 valence electrons. The second-order valence-corrected chi connectivity index (χ2v) is 9.30. The summed E-state index contributed by atoms with van der Waals surface area (Å²) in [7, 11) is -2.42. The molecule has 0 saturated heterocycles. The van der Waals surface area contributed by atoms with E-state index in [1.54, 1.807) is 48.5 Å². The van der Waals surface area contributed by atoms with Crippen LogP contribution in [0.1, 0.15) is 10.4 Å². The van der Waals surface area contributed by atoms with Crippen LogP contribution < -0.4 is 14.8 Å². The summed E-state index contributed by atoms with van der Waals surface area (Å²) in [4.78, 5) is 12.5. The maximum absolute atomic E-state index is 12.8. The summed E-state index contributed by atoms with van der Waals surface area (Å²) in [6.45, 7) is 0. The van der Waals surface area contributed by atoms with E-state index >= 15 is 0 Å². The molecule has 0 aliphatic carbocycles. The van der Waals surface area contributed by atoms with Crippen molar-refractivity contribution in [2.24, 2.45) is 0 Å². The van der Waals surface area contributed by atoms with E-state index in [9.17, 15) is 13.2 Å². The Labute approximate surface area is 187 Å². The van der Waals surface area contributed by atoms with E-state index in [2.05, 4.69) is 32.6 Å². The van der Waals surface area contributed by atoms with E-state index in [1.165, 1.54) is 25.3 Å². The number of carbonyl (C=O) groups excluding carboxylic acids is 1. The van der Waals surface area contributed by atoms with Crippen LogP contribution in [0.15, 0.2) is 71.6 Å². The largest absolute Gasteiger partial charge is 0.495 e. The molecule has 0 bridgehead atoms. The highest BCUT2D eigenvalue weighted by atomic mass is 127. The van der Waals surface area contributed by atoms with Crippen LogP contribution in [0.25, 0.3) is 0 Å². The Hall–Kier alpha value is -2.30. The van der Waals surface area contributed by atoms with Crippen molar-refractivity contribution in [1.29, 1.82) is 0 Å². The van der Waals surface area contributed by atoms with Crippen LogP contribution in [-0.2, 0) is 10.0 Å². The molecule has 0 aromatic heterocycles. The third kappa shape index (κ3) is 5.40. The zero-order valence-electron chi connectivity index (χ0n) is 15.1. The average molecular weight is 543 g/mol. The monoisotopic (exact) mass is 542 g/mol. The lowest BCUT2D eigenvalue weighted by atomic mass is 10.2. The lowest BCUT2D eigenvalue weighted by molar-refractivity contribution is 0.102. The number of hydrogen-bond acceptors (Lipinski definition) is 4. The molecule has 0 spiro atoms. The third-order valence-corrected chi connectivity index (χ3v) is 6.28. The minimum Gasteiger partial charge on any atom is -0.495 e. The Bertz CT molecular complexity index is 1130. The molecule has 0 radical (unpaired) electrons. The molecular formula is C20H16ClIN2O4S. The SMILES string of the molecule is COc1ccc(S(=O)(=O)Nc2ccc(I)cc2)cc1NC(=O)c1ccc(Cl)cc1. The topological polar surface area (TPSA) is 84.5 Å². The molecule has 0 aliphatic heterocycles. The fourth-order valence-electron chi connectivity index (χ4n) is 2.48. The number of nitrogens with one attached hydrogen (secondary N) is 2. The maximum Gasteiger partial charge on any atom is 0.261 e. The van der Waals surface area contributed by atoms with Crippen molar-refractivity contribution in [3.05, 3.63) is 80.9 Å². The first kappa shape index (κ1) is 21.4. The van der Waals surface area contributed by atoms with Gasteiger partial charge in [0.2, 0.25) is 0 Å². The van der Waals surface area contributed by atoms with Gasteiger partial charge in [0, 0.05) is 19.8 Å². The summed E-state index contributed by atoms with van der Waals surface area (Å²) < 4.78 is 34.3. The van der Waals surface area contributed by atoms with Gasteiger partial charge in [-0.2, -0.15) is 0 Å². The number of anilines is 2. The predicted molar refractivity (Wildman–Crippen MR) is 122 cm³/mol. The number of methoxy groups -OCH3 is 1. The molecule has 2 N–H and O–H groups in total. The van der Waals surface area contributed by atoms with Crippen molar-refractivity contribution in [1.82, 2.24) is 0 Å². The Balaban J connectivity index is 1.88. The third-order valence-electron chi connectivity index (χ3n) is 3.93. The first-order valence-corrected chi connectivity index (χ1v) is 11.3. The lowest BCUT2D eigenvalue weighted by Gasteiger charge is -2.13. The molecule has 0 aliphatic rings. The van der Waals surface area contributed by atoms with E-state index in [4.69, 9.17) is 16.3 Å². The summed E-state index contributed by atoms with van der Waals surface area (Å²) in [5.41, 5.74) is 1.05. The summed E-state index contributed by atoms with van der Waals surface area (Å²) >= 11 is 7.98. The van der Waals surface area contributed by atoms with Crippen LogP contribution in [0.3, 0.4) is 0 Å². The van der Waals surface area contributed by atoms with Gasteiger partial charge in [-0.05, 0) is 89.3 Å². The van der Waals surface area contributed by atoms with Gasteiger partial charge in [0.25, 0.3) is 15.9 Å². The van der Waals surface area contributed by atoms with Gasteiger partial charge in [-0.15, -0.1) is 0 Å². The number of hydrogen-bond donors (Lipinski definition) is 2. The molecule has 0 unspecified atom stereocenters. The van der Waals surface area contributed by atoms with Crippen LogP contribution >= 0.6 is 34.2 Å². The molecular weight excluding hydrogens is 527 g/mol. The van der Waals surface area contributed by atoms with Gasteiger partial charge < -0.3 is 10.1 Å². The molecule has 3 rings (SSSR count). The van der Waals surface area contributed by atoms with Crippen LogP contribution in [0, 0.1) is 3.57 Å². The molecule has 0 saturated carbocycles. The zero-order valence-corrected chi connectivity index (χ0v) is 18.9. The number of rotatable bonds is 6. The summed E-state index contributed by atoms with van der Waals surface area (Å²) in [5, 5.41) is 3.19. The number of ether oxygens (including phenoxy) is 1. The highest BCUT2D eigenvalue weighted by Gasteiger charge is 2.18. The first-order valence-electron chi connectivity index (χ1n) is 8.32. The lowest BCUT2D eigenvalue weighted by Crippen LogP contribution is -2.15. The second-order valence-electron chi connectivity index (χ2n) is 5.94. The predicted octanol–water partition coefficient (Wildman–Crippen LogP) is 5.01. The molecule has 0 heterocycles. The van der Waals surface area contributed by atoms with Crippen LogP contribution in [0.4, 0.5) is 11.4 Å². The minimum absolute atomic E-state index is 0.0109. The number of benzene rings is 3. The van der Waals surface area contributed by atoms with Gasteiger partial charge in [-0.3, -0.25) is 9.52 Å². The van der Waals surface area contributed by atoms with Gasteiger partial charge in [-0.25, -0.2) is 8.42 Å². The first-order chi connectivity index (χ1) is 13.8. The van der Waals surface area contributed by atoms with Crippen LogP contribution in [0.2, 0.25) is 5.02 Å². The highest BCUT2D eigenvalue weighted by molar-refractivity contribution is 14.1. The number of sulfonamides is 1. The van der Waals surface area contributed by atoms with E-state index in [0.717, 1.165) is 3.57 Å². The molecule has 29 heavy (non-hydrogen) atoms. The number of halogens is 2. The van der Waals surface area contributed by atoms with Crippen LogP contribution in [-0.4, -0.2) is 21.4 Å². The Morgan fingerprint density at radius 3 is 2.28 bits per heavy atom. The molecule has 9 heteroatoms. The van der Waals surface area contributed by atoms with Gasteiger partial charge in [-0.1, -0.05) is 11.6 Å². The summed E-state index contributed by atoms with van der Waals surface area (Å²) in [5.74, 6) is -0.0827. The van der Waals surface area contributed by atoms with E-state index < -0.39 is 15.9 Å². The number of amides is 1. The second kappa shape index (κ2) is 9.02. The normalized spacial score (nSPS) is 11.0. The summed E-state index contributed by atoms with van der Waals surface area (Å²) in [6.07, 6.45) is 0. The molecule has 1 amide bonds. The standard InChI is InChI=1S/C20H16ClIN2O4S/c1-28-19-11-10-17(29(26,27)24-16-8-6-15(22)7-9-16)12-18(19)23-20(25)13-2-4-14(21)5-3-13/h2-12,24H,1H3,(H,23,25). The van der Waals surface area contributed by atoms with Gasteiger partial charge in [0.05, 0.1) is 17.7 Å². The Kier molecular flexibility index (Phi) is 6.66. The smallest absolute Gasteiger partial charge is 0.261 e. The van der Waals surface area contributed by atoms with Crippen molar-refractivity contribution in [2.45, 2.75) is 4.90 Å². The summed E-state index contributed by atoms with van der Waals surface area (Å²) in [6, 6.07) is 17.5. The van der Waals surface area contributed by atoms with Crippen molar-refractivity contribution in [3.8, 4) is 5.75 Å².